The largest absolute Gasteiger partial charge is 0.335 e. The Balaban J connectivity index is 1.62. The summed E-state index contributed by atoms with van der Waals surface area (Å²) >= 11 is 13.8. The molecule has 7 heteroatoms. The van der Waals surface area contributed by atoms with E-state index < -0.39 is 0 Å². The normalized spacial score (nSPS) is 11.2. The van der Waals surface area contributed by atoms with Crippen LogP contribution in [0.1, 0.15) is 5.56 Å². The maximum absolute atomic E-state index is 6.25. The van der Waals surface area contributed by atoms with Crippen LogP contribution in [0.2, 0.25) is 10.0 Å². The lowest BCUT2D eigenvalue weighted by Crippen LogP contribution is -2.11. The maximum atomic E-state index is 6.25. The lowest BCUT2D eigenvalue weighted by atomic mass is 10.1. The molecule has 0 aliphatic rings. The van der Waals surface area contributed by atoms with Gasteiger partial charge >= 0.3 is 0 Å². The second-order valence-corrected chi connectivity index (χ2v) is 7.51. The van der Waals surface area contributed by atoms with Gasteiger partial charge in [0, 0.05) is 16.3 Å². The van der Waals surface area contributed by atoms with Crippen LogP contribution in [-0.2, 0) is 5.75 Å². The quantitative estimate of drug-likeness (QED) is 0.367. The van der Waals surface area contributed by atoms with E-state index in [9.17, 15) is 0 Å². The summed E-state index contributed by atoms with van der Waals surface area (Å²) < 4.78 is 1.45. The van der Waals surface area contributed by atoms with E-state index in [-0.39, 0.29) is 0 Å². The van der Waals surface area contributed by atoms with E-state index in [1.165, 1.54) is 32.8 Å². The van der Waals surface area contributed by atoms with Crippen LogP contribution in [0.15, 0.2) is 65.8 Å². The van der Waals surface area contributed by atoms with Gasteiger partial charge in [0.15, 0.2) is 5.82 Å². The zero-order valence-electron chi connectivity index (χ0n) is 13.6. The Morgan fingerprint density at radius 3 is 2.65 bits per heavy atom. The number of rotatable bonds is 4. The lowest BCUT2D eigenvalue weighted by Gasteiger charge is -2.07. The van der Waals surface area contributed by atoms with Gasteiger partial charge in [-0.2, -0.15) is 0 Å². The molecule has 0 aliphatic heterocycles. The second kappa shape index (κ2) is 7.19. The van der Waals surface area contributed by atoms with Gasteiger partial charge in [-0.15, -0.1) is 10.2 Å². The molecule has 0 aliphatic carbocycles. The fraction of sp³-hybridized carbons (Fsp3) is 0.0526. The molecule has 0 atom stereocenters. The molecule has 0 unspecified atom stereocenters. The van der Waals surface area contributed by atoms with E-state index in [2.05, 4.69) is 40.5 Å². The molecular weight excluding hydrogens is 387 g/mol. The summed E-state index contributed by atoms with van der Waals surface area (Å²) in [6, 6.07) is 19.8. The van der Waals surface area contributed by atoms with E-state index in [0.29, 0.717) is 26.6 Å². The zero-order valence-corrected chi connectivity index (χ0v) is 15.9. The van der Waals surface area contributed by atoms with Crippen LogP contribution in [-0.4, -0.2) is 14.9 Å². The molecule has 4 rings (SSSR count). The summed E-state index contributed by atoms with van der Waals surface area (Å²) in [6.45, 7) is 0. The summed E-state index contributed by atoms with van der Waals surface area (Å²) in [6.07, 6.45) is 0. The van der Waals surface area contributed by atoms with E-state index in [0.717, 1.165) is 5.75 Å². The maximum Gasteiger partial charge on any atom is 0.210 e. The molecule has 26 heavy (non-hydrogen) atoms. The van der Waals surface area contributed by atoms with Crippen molar-refractivity contribution >= 4 is 45.7 Å². The smallest absolute Gasteiger partial charge is 0.210 e. The Morgan fingerprint density at radius 1 is 0.962 bits per heavy atom. The van der Waals surface area contributed by atoms with E-state index >= 15 is 0 Å². The van der Waals surface area contributed by atoms with Crippen LogP contribution in [0.3, 0.4) is 0 Å². The van der Waals surface area contributed by atoms with E-state index in [1.54, 1.807) is 18.2 Å². The highest BCUT2D eigenvalue weighted by molar-refractivity contribution is 7.98. The predicted octanol–water partition coefficient (Wildman–Crippen LogP) is 5.41. The van der Waals surface area contributed by atoms with Crippen molar-refractivity contribution in [1.82, 2.24) is 14.9 Å². The van der Waals surface area contributed by atoms with Crippen LogP contribution in [0, 0.1) is 0 Å². The third-order valence-electron chi connectivity index (χ3n) is 4.07. The fourth-order valence-corrected chi connectivity index (χ4v) is 4.02. The molecule has 130 valence electrons. The van der Waals surface area contributed by atoms with Gasteiger partial charge in [-0.1, -0.05) is 77.4 Å². The van der Waals surface area contributed by atoms with Crippen molar-refractivity contribution in [3.63, 3.8) is 0 Å². The molecule has 0 spiro atoms. The first-order valence-electron chi connectivity index (χ1n) is 7.89. The molecule has 1 aromatic heterocycles. The summed E-state index contributed by atoms with van der Waals surface area (Å²) in [5.74, 6) is 7.42. The van der Waals surface area contributed by atoms with Crippen molar-refractivity contribution in [2.45, 2.75) is 10.9 Å². The average molecular weight is 401 g/mol. The molecule has 0 saturated carbocycles. The Bertz CT molecular complexity index is 1090. The highest BCUT2D eigenvalue weighted by atomic mass is 35.5. The van der Waals surface area contributed by atoms with Crippen molar-refractivity contribution < 1.29 is 0 Å². The van der Waals surface area contributed by atoms with E-state index in [4.69, 9.17) is 29.0 Å². The van der Waals surface area contributed by atoms with Gasteiger partial charge in [0.25, 0.3) is 0 Å². The van der Waals surface area contributed by atoms with Gasteiger partial charge in [0.1, 0.15) is 0 Å². The highest BCUT2D eigenvalue weighted by Crippen LogP contribution is 2.32. The number of nitrogen functional groups attached to an aromatic ring is 1. The van der Waals surface area contributed by atoms with Gasteiger partial charge in [-0.25, -0.2) is 4.68 Å². The molecule has 0 bridgehead atoms. The van der Waals surface area contributed by atoms with Crippen molar-refractivity contribution in [3.8, 4) is 11.4 Å². The molecule has 0 amide bonds. The lowest BCUT2D eigenvalue weighted by molar-refractivity contribution is 0.850. The topological polar surface area (TPSA) is 56.7 Å². The molecule has 2 N–H and O–H groups in total. The van der Waals surface area contributed by atoms with Gasteiger partial charge in [-0.3, -0.25) is 0 Å². The predicted molar refractivity (Wildman–Crippen MR) is 109 cm³/mol. The van der Waals surface area contributed by atoms with Crippen molar-refractivity contribution in [2.75, 3.05) is 5.84 Å². The first-order chi connectivity index (χ1) is 12.6. The molecule has 0 fully saturated rings. The zero-order chi connectivity index (χ0) is 18.1. The molecule has 4 aromatic rings. The van der Waals surface area contributed by atoms with Crippen LogP contribution in [0.4, 0.5) is 0 Å². The first kappa shape index (κ1) is 17.2. The van der Waals surface area contributed by atoms with Gasteiger partial charge in [0.2, 0.25) is 5.16 Å². The summed E-state index contributed by atoms with van der Waals surface area (Å²) in [5, 5.41) is 12.5. The van der Waals surface area contributed by atoms with Gasteiger partial charge in [-0.05, 0) is 34.5 Å². The average Bonchev–Trinajstić information content (AvgIpc) is 3.02. The number of hydrogen-bond donors (Lipinski definition) is 1. The molecule has 4 nitrogen and oxygen atoms in total. The van der Waals surface area contributed by atoms with Gasteiger partial charge in [0.05, 0.1) is 5.02 Å². The molecular formula is C19H14Cl2N4S. The van der Waals surface area contributed by atoms with E-state index in [1.807, 2.05) is 12.1 Å². The SMILES string of the molecule is Nn1c(SCc2cccc3ccccc23)nnc1-c1cc(Cl)ccc1Cl. The molecule has 0 saturated heterocycles. The number of aromatic nitrogens is 3. The standard InChI is InChI=1S/C19H14Cl2N4S/c20-14-8-9-17(21)16(10-14)18-23-24-19(25(18)22)26-11-13-6-3-5-12-4-1-2-7-15(12)13/h1-10H,11,22H2. The Morgan fingerprint density at radius 2 is 1.77 bits per heavy atom. The third kappa shape index (κ3) is 3.26. The Kier molecular flexibility index (Phi) is 4.76. The van der Waals surface area contributed by atoms with Crippen molar-refractivity contribution in [2.24, 2.45) is 0 Å². The summed E-state index contributed by atoms with van der Waals surface area (Å²) in [4.78, 5) is 0. The third-order valence-corrected chi connectivity index (χ3v) is 5.63. The minimum Gasteiger partial charge on any atom is -0.335 e. The van der Waals surface area contributed by atoms with Crippen molar-refractivity contribution in [1.29, 1.82) is 0 Å². The number of nitrogens with zero attached hydrogens (tertiary/aromatic N) is 3. The highest BCUT2D eigenvalue weighted by Gasteiger charge is 2.15. The number of benzene rings is 3. The second-order valence-electron chi connectivity index (χ2n) is 5.73. The van der Waals surface area contributed by atoms with Gasteiger partial charge < -0.3 is 5.84 Å². The summed E-state index contributed by atoms with van der Waals surface area (Å²) in [7, 11) is 0. The number of nitrogens with two attached hydrogens (primary N) is 1. The van der Waals surface area contributed by atoms with Crippen LogP contribution >= 0.6 is 35.0 Å². The molecule has 3 aromatic carbocycles. The number of halogens is 2. The van der Waals surface area contributed by atoms with Crippen LogP contribution < -0.4 is 5.84 Å². The minimum absolute atomic E-state index is 0.484. The molecule has 0 radical (unpaired) electrons. The minimum atomic E-state index is 0.484. The Labute approximate surface area is 164 Å². The Hall–Kier alpha value is -2.21. The number of thioether (sulfide) groups is 1. The monoisotopic (exact) mass is 400 g/mol. The first-order valence-corrected chi connectivity index (χ1v) is 9.63. The van der Waals surface area contributed by atoms with Crippen LogP contribution in [0.5, 0.6) is 0 Å². The fourth-order valence-electron chi connectivity index (χ4n) is 2.79. The van der Waals surface area contributed by atoms with Crippen molar-refractivity contribution in [3.05, 3.63) is 76.3 Å². The number of fused-ring (bicyclic) bond motifs is 1. The van der Waals surface area contributed by atoms with Crippen LogP contribution in [0.25, 0.3) is 22.2 Å². The molecule has 1 heterocycles. The number of hydrogen-bond acceptors (Lipinski definition) is 4. The summed E-state index contributed by atoms with van der Waals surface area (Å²) in [5.41, 5.74) is 1.88.